The second-order valence-electron chi connectivity index (χ2n) is 3.57. The quantitative estimate of drug-likeness (QED) is 0.520. The van der Waals surface area contributed by atoms with Crippen LogP contribution in [0.1, 0.15) is 20.3 Å². The van der Waals surface area contributed by atoms with Crippen molar-refractivity contribution in [3.8, 4) is 0 Å². The van der Waals surface area contributed by atoms with E-state index in [1.54, 1.807) is 6.20 Å². The van der Waals surface area contributed by atoms with Crippen LogP contribution < -0.4 is 5.73 Å². The number of rotatable bonds is 5. The van der Waals surface area contributed by atoms with Crippen molar-refractivity contribution in [2.24, 2.45) is 11.1 Å². The van der Waals surface area contributed by atoms with Gasteiger partial charge in [-0.3, -0.25) is 0 Å². The first-order valence-corrected chi connectivity index (χ1v) is 4.93. The monoisotopic (exact) mass is 189 g/mol. The predicted molar refractivity (Wildman–Crippen MR) is 67.7 cm³/mol. The molecule has 0 radical (unpaired) electrons. The third-order valence-electron chi connectivity index (χ3n) is 2.31. The highest BCUT2D eigenvalue weighted by Gasteiger charge is 2.20. The van der Waals surface area contributed by atoms with Crippen molar-refractivity contribution >= 4 is 7.85 Å². The molecule has 0 amide bonds. The summed E-state index contributed by atoms with van der Waals surface area (Å²) in [5, 5.41) is 0. The van der Waals surface area contributed by atoms with Crippen molar-refractivity contribution < 1.29 is 0 Å². The summed E-state index contributed by atoms with van der Waals surface area (Å²) in [5.74, 6) is 2.05. The fourth-order valence-electron chi connectivity index (χ4n) is 1.38. The Morgan fingerprint density at radius 2 is 2.21 bits per heavy atom. The minimum absolute atomic E-state index is 0.0167. The van der Waals surface area contributed by atoms with Gasteiger partial charge in [0, 0.05) is 5.41 Å². The lowest BCUT2D eigenvalue weighted by Crippen LogP contribution is -2.14. The Morgan fingerprint density at radius 1 is 1.57 bits per heavy atom. The fourth-order valence-corrected chi connectivity index (χ4v) is 1.38. The Labute approximate surface area is 88.5 Å². The van der Waals surface area contributed by atoms with Crippen LogP contribution in [0.25, 0.3) is 0 Å². The maximum atomic E-state index is 5.35. The molecule has 0 spiro atoms. The molecule has 0 aromatic rings. The van der Waals surface area contributed by atoms with Crippen LogP contribution in [-0.2, 0) is 0 Å². The molecule has 0 fully saturated rings. The second kappa shape index (κ2) is 6.30. The molecule has 14 heavy (non-hydrogen) atoms. The van der Waals surface area contributed by atoms with Crippen LogP contribution in [0.15, 0.2) is 48.6 Å². The number of hydrogen-bond acceptors (Lipinski definition) is 1. The second-order valence-corrected chi connectivity index (χ2v) is 3.57. The summed E-state index contributed by atoms with van der Waals surface area (Å²) in [5.41, 5.74) is 6.44. The molecule has 0 aromatic heterocycles. The van der Waals surface area contributed by atoms with Gasteiger partial charge in [-0.15, -0.1) is 5.98 Å². The van der Waals surface area contributed by atoms with E-state index < -0.39 is 0 Å². The summed E-state index contributed by atoms with van der Waals surface area (Å²) in [4.78, 5) is 0. The van der Waals surface area contributed by atoms with E-state index in [4.69, 9.17) is 5.73 Å². The number of hydrogen-bond donors (Lipinski definition) is 1. The first-order chi connectivity index (χ1) is 6.60. The van der Waals surface area contributed by atoms with E-state index in [0.29, 0.717) is 0 Å². The van der Waals surface area contributed by atoms with Gasteiger partial charge in [-0.25, -0.2) is 0 Å². The highest BCUT2D eigenvalue weighted by atomic mass is 14.5. The number of nitrogens with two attached hydrogens (primary N) is 1. The zero-order valence-electron chi connectivity index (χ0n) is 9.46. The molecular formula is C12H20BN. The van der Waals surface area contributed by atoms with Crippen molar-refractivity contribution in [2.75, 3.05) is 0 Å². The van der Waals surface area contributed by atoms with Crippen molar-refractivity contribution in [3.63, 3.8) is 0 Å². The minimum Gasteiger partial charge on any atom is -0.405 e. The lowest BCUT2D eigenvalue weighted by molar-refractivity contribution is 0.537. The maximum Gasteiger partial charge on any atom is 0.129 e. The van der Waals surface area contributed by atoms with E-state index in [-0.39, 0.29) is 5.41 Å². The lowest BCUT2D eigenvalue weighted by Gasteiger charge is -2.25. The third kappa shape index (κ3) is 3.69. The summed E-state index contributed by atoms with van der Waals surface area (Å²) >= 11 is 0. The summed E-state index contributed by atoms with van der Waals surface area (Å²) in [7, 11) is 2.02. The Morgan fingerprint density at radius 3 is 2.64 bits per heavy atom. The third-order valence-corrected chi connectivity index (χ3v) is 2.31. The molecule has 1 atom stereocenters. The van der Waals surface area contributed by atoms with Crippen LogP contribution >= 0.6 is 0 Å². The van der Waals surface area contributed by atoms with Gasteiger partial charge in [0.25, 0.3) is 0 Å². The van der Waals surface area contributed by atoms with Gasteiger partial charge in [0.2, 0.25) is 0 Å². The van der Waals surface area contributed by atoms with Gasteiger partial charge in [0.15, 0.2) is 0 Å². The Kier molecular flexibility index (Phi) is 5.78. The predicted octanol–water partition coefficient (Wildman–Crippen LogP) is 2.13. The van der Waals surface area contributed by atoms with E-state index >= 15 is 0 Å². The summed E-state index contributed by atoms with van der Waals surface area (Å²) in [6, 6.07) is 0. The van der Waals surface area contributed by atoms with Crippen LogP contribution in [0.2, 0.25) is 0 Å². The van der Waals surface area contributed by atoms with E-state index in [2.05, 4.69) is 25.6 Å². The molecule has 0 heterocycles. The molecular weight excluding hydrogens is 169 g/mol. The van der Waals surface area contributed by atoms with Crippen LogP contribution in [-0.4, -0.2) is 7.85 Å². The molecule has 0 saturated carbocycles. The van der Waals surface area contributed by atoms with Gasteiger partial charge in [0.1, 0.15) is 7.85 Å². The SMILES string of the molecule is B/C=C/C(C)(C/C=C\N)C(=C)/C=C\C. The van der Waals surface area contributed by atoms with E-state index in [0.717, 1.165) is 12.0 Å². The highest BCUT2D eigenvalue weighted by molar-refractivity contribution is 6.17. The van der Waals surface area contributed by atoms with Crippen LogP contribution in [0.4, 0.5) is 0 Å². The van der Waals surface area contributed by atoms with Crippen LogP contribution in [0, 0.1) is 5.41 Å². The van der Waals surface area contributed by atoms with E-state index in [9.17, 15) is 0 Å². The van der Waals surface area contributed by atoms with Crippen molar-refractivity contribution in [3.05, 3.63) is 48.6 Å². The molecule has 0 rings (SSSR count). The smallest absolute Gasteiger partial charge is 0.129 e. The Bertz CT molecular complexity index is 263. The van der Waals surface area contributed by atoms with Gasteiger partial charge in [0.05, 0.1) is 0 Å². The molecule has 0 bridgehead atoms. The zero-order valence-corrected chi connectivity index (χ0v) is 9.46. The molecule has 2 heteroatoms. The summed E-state index contributed by atoms with van der Waals surface area (Å²) in [6.45, 7) is 8.24. The zero-order chi connectivity index (χ0) is 11.0. The molecule has 0 aliphatic heterocycles. The Balaban J connectivity index is 4.78. The first kappa shape index (κ1) is 12.8. The molecule has 0 aromatic carbocycles. The summed E-state index contributed by atoms with van der Waals surface area (Å²) < 4.78 is 0. The van der Waals surface area contributed by atoms with Gasteiger partial charge < -0.3 is 5.73 Å². The molecule has 2 N–H and O–H groups in total. The van der Waals surface area contributed by atoms with Crippen molar-refractivity contribution in [2.45, 2.75) is 20.3 Å². The fraction of sp³-hybridized carbons (Fsp3) is 0.333. The van der Waals surface area contributed by atoms with Gasteiger partial charge >= 0.3 is 0 Å². The normalized spacial score (nSPS) is 16.7. The van der Waals surface area contributed by atoms with Gasteiger partial charge in [-0.1, -0.05) is 37.8 Å². The van der Waals surface area contributed by atoms with Gasteiger partial charge in [-0.05, 0) is 25.1 Å². The van der Waals surface area contributed by atoms with E-state index in [1.807, 2.05) is 33.0 Å². The maximum absolute atomic E-state index is 5.35. The molecule has 1 unspecified atom stereocenters. The highest BCUT2D eigenvalue weighted by Crippen LogP contribution is 2.32. The average Bonchev–Trinajstić information content (AvgIpc) is 2.15. The average molecular weight is 189 g/mol. The number of allylic oxidation sites excluding steroid dienone is 5. The molecule has 1 nitrogen and oxygen atoms in total. The topological polar surface area (TPSA) is 26.0 Å². The molecule has 0 saturated heterocycles. The van der Waals surface area contributed by atoms with E-state index in [1.165, 1.54) is 0 Å². The molecule has 0 aliphatic carbocycles. The molecule has 0 aliphatic rings. The largest absolute Gasteiger partial charge is 0.405 e. The van der Waals surface area contributed by atoms with Crippen LogP contribution in [0.5, 0.6) is 0 Å². The first-order valence-electron chi connectivity index (χ1n) is 4.93. The van der Waals surface area contributed by atoms with Gasteiger partial charge in [-0.2, -0.15) is 0 Å². The van der Waals surface area contributed by atoms with Crippen LogP contribution in [0.3, 0.4) is 0 Å². The lowest BCUT2D eigenvalue weighted by atomic mass is 9.78. The van der Waals surface area contributed by atoms with Crippen molar-refractivity contribution in [1.82, 2.24) is 0 Å². The molecule has 76 valence electrons. The summed E-state index contributed by atoms with van der Waals surface area (Å²) in [6.07, 6.45) is 10.7. The Hall–Kier alpha value is -1.18. The minimum atomic E-state index is -0.0167. The standard InChI is InChI=1S/C12H20BN/c1-4-6-11(2)12(3,8-9-13)7-5-10-14/h4-6,8-10H,2,7,13-14H2,1,3H3/b6-4-,9-8+,10-5-. The van der Waals surface area contributed by atoms with Crippen molar-refractivity contribution in [1.29, 1.82) is 0 Å².